The maximum atomic E-state index is 6.77. The molecule has 0 saturated heterocycles. The summed E-state index contributed by atoms with van der Waals surface area (Å²) in [5.41, 5.74) is 10.8. The third-order valence-electron chi connectivity index (χ3n) is 0.996. The van der Waals surface area contributed by atoms with Gasteiger partial charge < -0.3 is 16.9 Å². The van der Waals surface area contributed by atoms with Crippen LogP contribution in [0.5, 0.6) is 0 Å². The van der Waals surface area contributed by atoms with Gasteiger partial charge >= 0.3 is 0 Å². The summed E-state index contributed by atoms with van der Waals surface area (Å²) in [6.07, 6.45) is 0. The minimum absolute atomic E-state index is 0.120. The van der Waals surface area contributed by atoms with Crippen LogP contribution in [-0.2, 0) is 0 Å². The van der Waals surface area contributed by atoms with Crippen molar-refractivity contribution in [3.05, 3.63) is 0 Å². The van der Waals surface area contributed by atoms with Crippen molar-refractivity contribution >= 4 is 5.71 Å². The quantitative estimate of drug-likeness (QED) is 0.341. The van der Waals surface area contributed by atoms with Crippen molar-refractivity contribution in [2.24, 2.45) is 11.5 Å². The lowest BCUT2D eigenvalue weighted by molar-refractivity contribution is 0.962. The maximum Gasteiger partial charge on any atom is 0.0648 e. The number of rotatable bonds is 0. The third-order valence-corrected chi connectivity index (χ3v) is 0.996. The molecule has 3 nitrogen and oxygen atoms in total. The van der Waals surface area contributed by atoms with Crippen molar-refractivity contribution in [1.82, 2.24) is 0 Å². The smallest absolute Gasteiger partial charge is 0.0648 e. The van der Waals surface area contributed by atoms with E-state index in [1.807, 2.05) is 0 Å². The normalized spacial score (nSPS) is 43.3. The zero-order valence-corrected chi connectivity index (χ0v) is 3.31. The summed E-state index contributed by atoms with van der Waals surface area (Å²) in [6, 6.07) is -0.241. The van der Waals surface area contributed by atoms with Gasteiger partial charge in [-0.25, -0.2) is 0 Å². The predicted octanol–water partition coefficient (Wildman–Crippen LogP) is -1.33. The summed E-state index contributed by atoms with van der Waals surface area (Å²) in [5.74, 6) is 0. The highest BCUT2D eigenvalue weighted by atomic mass is 14.9. The first-order valence-corrected chi connectivity index (χ1v) is 1.83. The van der Waals surface area contributed by atoms with Crippen LogP contribution in [-0.4, -0.2) is 17.8 Å². The molecule has 5 N–H and O–H groups in total. The molecule has 0 aliphatic heterocycles. The van der Waals surface area contributed by atoms with Crippen LogP contribution in [0.2, 0.25) is 0 Å². The molecule has 0 aromatic carbocycles. The van der Waals surface area contributed by atoms with Crippen LogP contribution in [0.15, 0.2) is 0 Å². The van der Waals surface area contributed by atoms with Crippen LogP contribution in [0.1, 0.15) is 0 Å². The first-order valence-electron chi connectivity index (χ1n) is 1.83. The van der Waals surface area contributed by atoms with Crippen molar-refractivity contribution in [1.29, 1.82) is 5.41 Å². The van der Waals surface area contributed by atoms with Crippen molar-refractivity contribution in [3.63, 3.8) is 0 Å². The molecule has 0 amide bonds. The highest BCUT2D eigenvalue weighted by Gasteiger charge is 2.37. The van der Waals surface area contributed by atoms with Gasteiger partial charge in [-0.1, -0.05) is 0 Å². The monoisotopic (exact) mass is 85.1 g/mol. The Kier molecular flexibility index (Phi) is 0.504. The van der Waals surface area contributed by atoms with Gasteiger partial charge in [0.25, 0.3) is 0 Å². The Morgan fingerprint density at radius 1 is 1.33 bits per heavy atom. The highest BCUT2D eigenvalue weighted by Crippen LogP contribution is 2.07. The van der Waals surface area contributed by atoms with E-state index in [9.17, 15) is 0 Å². The van der Waals surface area contributed by atoms with Gasteiger partial charge in [0.2, 0.25) is 0 Å². The molecule has 2 atom stereocenters. The first-order chi connectivity index (χ1) is 2.73. The molecule has 34 valence electrons. The Bertz CT molecular complexity index is 78.0. The van der Waals surface area contributed by atoms with Crippen LogP contribution in [0, 0.1) is 5.41 Å². The molecule has 0 aromatic heterocycles. The van der Waals surface area contributed by atoms with Crippen molar-refractivity contribution in [2.75, 3.05) is 0 Å². The second-order valence-corrected chi connectivity index (χ2v) is 1.51. The number of nitrogens with two attached hydrogens (primary N) is 2. The Hall–Kier alpha value is -0.410. The largest absolute Gasteiger partial charge is 0.321 e. The Morgan fingerprint density at radius 3 is 1.50 bits per heavy atom. The fourth-order valence-electron chi connectivity index (χ4n) is 0.305. The van der Waals surface area contributed by atoms with Crippen molar-refractivity contribution in [3.8, 4) is 0 Å². The van der Waals surface area contributed by atoms with E-state index in [2.05, 4.69) is 0 Å². The lowest BCUT2D eigenvalue weighted by Crippen LogP contribution is -2.12. The van der Waals surface area contributed by atoms with Gasteiger partial charge in [0.05, 0.1) is 12.1 Å². The fraction of sp³-hybridized carbons (Fsp3) is 0.667. The van der Waals surface area contributed by atoms with Crippen LogP contribution in [0.4, 0.5) is 0 Å². The van der Waals surface area contributed by atoms with Gasteiger partial charge in [-0.3, -0.25) is 0 Å². The van der Waals surface area contributed by atoms with E-state index < -0.39 is 0 Å². The Morgan fingerprint density at radius 2 is 1.50 bits per heavy atom. The van der Waals surface area contributed by atoms with Gasteiger partial charge in [-0.15, -0.1) is 0 Å². The fourth-order valence-corrected chi connectivity index (χ4v) is 0.305. The molecule has 0 aromatic rings. The van der Waals surface area contributed by atoms with Crippen LogP contribution in [0.25, 0.3) is 0 Å². The molecule has 1 saturated carbocycles. The van der Waals surface area contributed by atoms with E-state index in [0.29, 0.717) is 5.71 Å². The molecular weight excluding hydrogens is 78.1 g/mol. The molecule has 1 rings (SSSR count). The van der Waals surface area contributed by atoms with E-state index in [1.54, 1.807) is 0 Å². The topological polar surface area (TPSA) is 75.9 Å². The van der Waals surface area contributed by atoms with Gasteiger partial charge in [-0.2, -0.15) is 0 Å². The van der Waals surface area contributed by atoms with Crippen LogP contribution < -0.4 is 11.5 Å². The predicted molar refractivity (Wildman–Crippen MR) is 23.7 cm³/mol. The average Bonchev–Trinajstić information content (AvgIpc) is 1.94. The molecular formula is C3H7N3. The third kappa shape index (κ3) is 0.262. The van der Waals surface area contributed by atoms with E-state index in [1.165, 1.54) is 0 Å². The summed E-state index contributed by atoms with van der Waals surface area (Å²) in [5, 5.41) is 6.77. The highest BCUT2D eigenvalue weighted by molar-refractivity contribution is 6.08. The molecule has 2 unspecified atom stereocenters. The standard InChI is InChI=1S/C3H7N3/c4-1-2(5)3(1)6/h1-2,6H,4-5H2. The molecule has 0 heterocycles. The molecule has 1 aliphatic rings. The van der Waals surface area contributed by atoms with Gasteiger partial charge in [0.1, 0.15) is 0 Å². The van der Waals surface area contributed by atoms with E-state index in [-0.39, 0.29) is 12.1 Å². The van der Waals surface area contributed by atoms with Crippen molar-refractivity contribution < 1.29 is 0 Å². The Balaban J connectivity index is 2.51. The zero-order chi connectivity index (χ0) is 4.73. The second kappa shape index (κ2) is 0.802. The molecule has 1 aliphatic carbocycles. The van der Waals surface area contributed by atoms with Crippen molar-refractivity contribution in [2.45, 2.75) is 12.1 Å². The lowest BCUT2D eigenvalue weighted by Gasteiger charge is -1.67. The van der Waals surface area contributed by atoms with E-state index >= 15 is 0 Å². The number of nitrogens with one attached hydrogen (secondary N) is 1. The summed E-state index contributed by atoms with van der Waals surface area (Å²) >= 11 is 0. The molecule has 6 heavy (non-hydrogen) atoms. The summed E-state index contributed by atoms with van der Waals surface area (Å²) < 4.78 is 0. The maximum absolute atomic E-state index is 6.77. The summed E-state index contributed by atoms with van der Waals surface area (Å²) in [4.78, 5) is 0. The Labute approximate surface area is 35.8 Å². The lowest BCUT2D eigenvalue weighted by atomic mass is 10.7. The molecule has 0 radical (unpaired) electrons. The summed E-state index contributed by atoms with van der Waals surface area (Å²) in [7, 11) is 0. The van der Waals surface area contributed by atoms with Gasteiger partial charge in [0, 0.05) is 5.71 Å². The van der Waals surface area contributed by atoms with Crippen LogP contribution >= 0.6 is 0 Å². The molecule has 0 spiro atoms. The van der Waals surface area contributed by atoms with Gasteiger partial charge in [0.15, 0.2) is 0 Å². The molecule has 0 bridgehead atoms. The average molecular weight is 85.1 g/mol. The van der Waals surface area contributed by atoms with E-state index in [4.69, 9.17) is 16.9 Å². The minimum Gasteiger partial charge on any atom is -0.321 e. The second-order valence-electron chi connectivity index (χ2n) is 1.51. The van der Waals surface area contributed by atoms with Gasteiger partial charge in [-0.05, 0) is 0 Å². The van der Waals surface area contributed by atoms with E-state index in [0.717, 1.165) is 0 Å². The SMILES string of the molecule is N=C1C(N)C1N. The first kappa shape index (κ1) is 3.77. The number of hydrogen-bond donors (Lipinski definition) is 3. The zero-order valence-electron chi connectivity index (χ0n) is 3.31. The number of hydrogen-bond acceptors (Lipinski definition) is 3. The molecule has 3 heteroatoms. The van der Waals surface area contributed by atoms with Crippen LogP contribution in [0.3, 0.4) is 0 Å². The minimum atomic E-state index is -0.120. The summed E-state index contributed by atoms with van der Waals surface area (Å²) in [6.45, 7) is 0. The molecule has 1 fully saturated rings.